The highest BCUT2D eigenvalue weighted by Crippen LogP contribution is 2.38. The molecule has 0 amide bonds. The number of methoxy groups -OCH3 is 1. The summed E-state index contributed by atoms with van der Waals surface area (Å²) in [5.74, 6) is 0.458. The van der Waals surface area contributed by atoms with Gasteiger partial charge in [-0.05, 0) is 30.3 Å². The molecule has 0 saturated heterocycles. The number of ether oxygens (including phenoxy) is 1. The molecular formula is C23H18N4O4S. The van der Waals surface area contributed by atoms with Gasteiger partial charge >= 0.3 is 0 Å². The predicted octanol–water partition coefficient (Wildman–Crippen LogP) is 4.52. The largest absolute Gasteiger partial charge is 0.494 e. The highest BCUT2D eigenvalue weighted by atomic mass is 32.2. The number of anilines is 3. The zero-order valence-electron chi connectivity index (χ0n) is 16.9. The molecule has 0 aliphatic rings. The third-order valence-corrected chi connectivity index (χ3v) is 6.06. The highest BCUT2D eigenvalue weighted by Gasteiger charge is 2.20. The fraction of sp³-hybridized carbons (Fsp3) is 0.0435. The Labute approximate surface area is 183 Å². The average molecular weight is 446 g/mol. The summed E-state index contributed by atoms with van der Waals surface area (Å²) < 4.78 is 39.7. The number of hydrogen-bond acceptors (Lipinski definition) is 7. The van der Waals surface area contributed by atoms with Crippen molar-refractivity contribution in [2.24, 2.45) is 0 Å². The maximum atomic E-state index is 12.2. The van der Waals surface area contributed by atoms with Crippen molar-refractivity contribution in [1.82, 2.24) is 9.97 Å². The van der Waals surface area contributed by atoms with E-state index in [-0.39, 0.29) is 4.90 Å². The van der Waals surface area contributed by atoms with Crippen LogP contribution in [0.2, 0.25) is 0 Å². The monoisotopic (exact) mass is 446 g/mol. The highest BCUT2D eigenvalue weighted by molar-refractivity contribution is 7.86. The van der Waals surface area contributed by atoms with Gasteiger partial charge in [-0.15, -0.1) is 0 Å². The summed E-state index contributed by atoms with van der Waals surface area (Å²) >= 11 is 0. The van der Waals surface area contributed by atoms with E-state index in [9.17, 15) is 13.0 Å². The number of rotatable bonds is 4. The molecule has 0 unspecified atom stereocenters. The number of fused-ring (bicyclic) bond motifs is 4. The second kappa shape index (κ2) is 7.33. The third-order valence-electron chi connectivity index (χ3n) is 5.17. The van der Waals surface area contributed by atoms with Crippen molar-refractivity contribution in [3.63, 3.8) is 0 Å². The van der Waals surface area contributed by atoms with Crippen molar-refractivity contribution in [3.8, 4) is 5.75 Å². The van der Waals surface area contributed by atoms with E-state index in [1.165, 1.54) is 13.2 Å². The topological polar surface area (TPSA) is 127 Å². The van der Waals surface area contributed by atoms with Crippen LogP contribution in [-0.4, -0.2) is 30.0 Å². The molecule has 0 atom stereocenters. The number of para-hydroxylation sites is 1. The van der Waals surface area contributed by atoms with Gasteiger partial charge in [0.1, 0.15) is 16.2 Å². The third kappa shape index (κ3) is 3.33. The summed E-state index contributed by atoms with van der Waals surface area (Å²) in [5, 5.41) is 4.07. The lowest BCUT2D eigenvalue weighted by molar-refractivity contribution is 0.419. The lowest BCUT2D eigenvalue weighted by Gasteiger charge is -2.15. The summed E-state index contributed by atoms with van der Waals surface area (Å²) in [5.41, 5.74) is 9.73. The molecule has 0 radical (unpaired) electrons. The minimum Gasteiger partial charge on any atom is -0.494 e. The molecule has 32 heavy (non-hydrogen) atoms. The van der Waals surface area contributed by atoms with E-state index in [4.69, 9.17) is 20.4 Å². The number of nitrogen functional groups attached to an aromatic ring is 1. The lowest BCUT2D eigenvalue weighted by atomic mass is 10.1. The van der Waals surface area contributed by atoms with Crippen LogP contribution in [0.15, 0.2) is 71.6 Å². The van der Waals surface area contributed by atoms with Gasteiger partial charge in [0.25, 0.3) is 10.1 Å². The first-order valence-corrected chi connectivity index (χ1v) is 11.1. The van der Waals surface area contributed by atoms with E-state index in [0.717, 1.165) is 5.69 Å². The second-order valence-corrected chi connectivity index (χ2v) is 8.64. The molecule has 0 aliphatic heterocycles. The standard InChI is InChI=1S/C23H18N4O4S/c1-31-19-11-13(24)10-17-23(19)27-22-15-8-5-9-20(32(28,29)30)21(15)16(12-18(22)26-17)25-14-6-3-2-4-7-14/h2-12,25H,24H2,1H3,(H,28,29,30). The minimum atomic E-state index is -4.50. The Morgan fingerprint density at radius 3 is 2.41 bits per heavy atom. The molecule has 0 aliphatic carbocycles. The van der Waals surface area contributed by atoms with Crippen LogP contribution in [0.5, 0.6) is 5.75 Å². The van der Waals surface area contributed by atoms with Gasteiger partial charge in [-0.3, -0.25) is 4.55 Å². The van der Waals surface area contributed by atoms with Crippen LogP contribution in [0.3, 0.4) is 0 Å². The van der Waals surface area contributed by atoms with Crippen LogP contribution in [0.4, 0.5) is 17.1 Å². The van der Waals surface area contributed by atoms with Gasteiger partial charge in [0.2, 0.25) is 0 Å². The van der Waals surface area contributed by atoms with Crippen LogP contribution >= 0.6 is 0 Å². The number of aromatic nitrogens is 2. The summed E-state index contributed by atoms with van der Waals surface area (Å²) in [6, 6.07) is 19.0. The quantitative estimate of drug-likeness (QED) is 0.159. The molecule has 0 bridgehead atoms. The zero-order chi connectivity index (χ0) is 22.5. The lowest BCUT2D eigenvalue weighted by Crippen LogP contribution is -2.03. The fourth-order valence-corrected chi connectivity index (χ4v) is 4.55. The van der Waals surface area contributed by atoms with Crippen LogP contribution in [0.25, 0.3) is 32.8 Å². The number of nitrogens with one attached hydrogen (secondary N) is 1. The molecule has 5 aromatic rings. The Balaban J connectivity index is 1.93. The van der Waals surface area contributed by atoms with E-state index in [0.29, 0.717) is 50.0 Å². The molecule has 1 aromatic heterocycles. The molecule has 5 rings (SSSR count). The van der Waals surface area contributed by atoms with Crippen LogP contribution in [-0.2, 0) is 10.1 Å². The smallest absolute Gasteiger partial charge is 0.295 e. The van der Waals surface area contributed by atoms with Gasteiger partial charge in [0.15, 0.2) is 0 Å². The molecule has 8 nitrogen and oxygen atoms in total. The molecule has 160 valence electrons. The molecular weight excluding hydrogens is 428 g/mol. The van der Waals surface area contributed by atoms with Gasteiger partial charge in [0, 0.05) is 28.2 Å². The van der Waals surface area contributed by atoms with Gasteiger partial charge in [0.05, 0.1) is 29.3 Å². The van der Waals surface area contributed by atoms with Crippen molar-refractivity contribution in [1.29, 1.82) is 0 Å². The Morgan fingerprint density at radius 2 is 1.69 bits per heavy atom. The van der Waals surface area contributed by atoms with Crippen molar-refractivity contribution >= 4 is 60.0 Å². The fourth-order valence-electron chi connectivity index (χ4n) is 3.82. The van der Waals surface area contributed by atoms with E-state index in [1.807, 2.05) is 30.3 Å². The van der Waals surface area contributed by atoms with Crippen LogP contribution < -0.4 is 15.8 Å². The van der Waals surface area contributed by atoms with Crippen molar-refractivity contribution in [2.75, 3.05) is 18.2 Å². The van der Waals surface area contributed by atoms with E-state index in [2.05, 4.69) is 5.32 Å². The first kappa shape index (κ1) is 20.0. The Kier molecular flexibility index (Phi) is 4.58. The van der Waals surface area contributed by atoms with Crippen LogP contribution in [0, 0.1) is 0 Å². The number of hydrogen-bond donors (Lipinski definition) is 3. The first-order chi connectivity index (χ1) is 15.3. The van der Waals surface area contributed by atoms with Crippen molar-refractivity contribution in [3.05, 3.63) is 66.7 Å². The van der Waals surface area contributed by atoms with Crippen LogP contribution in [0.1, 0.15) is 0 Å². The summed E-state index contributed by atoms with van der Waals surface area (Å²) in [6.45, 7) is 0. The van der Waals surface area contributed by atoms with Gasteiger partial charge in [-0.1, -0.05) is 30.3 Å². The number of benzene rings is 4. The van der Waals surface area contributed by atoms with Gasteiger partial charge in [-0.2, -0.15) is 8.42 Å². The number of nitrogens with zero attached hydrogens (tertiary/aromatic N) is 2. The maximum Gasteiger partial charge on any atom is 0.295 e. The average Bonchev–Trinajstić information content (AvgIpc) is 2.77. The van der Waals surface area contributed by atoms with Crippen molar-refractivity contribution < 1.29 is 17.7 Å². The molecule has 1 heterocycles. The Morgan fingerprint density at radius 1 is 0.938 bits per heavy atom. The Bertz CT molecular complexity index is 1620. The molecule has 9 heteroatoms. The normalized spacial score (nSPS) is 11.8. The predicted molar refractivity (Wildman–Crippen MR) is 125 cm³/mol. The molecule has 0 fully saturated rings. The number of nitrogens with two attached hydrogens (primary N) is 1. The van der Waals surface area contributed by atoms with Gasteiger partial charge in [-0.25, -0.2) is 9.97 Å². The minimum absolute atomic E-state index is 0.221. The molecule has 0 spiro atoms. The first-order valence-electron chi connectivity index (χ1n) is 9.65. The van der Waals surface area contributed by atoms with E-state index >= 15 is 0 Å². The summed E-state index contributed by atoms with van der Waals surface area (Å²) in [6.07, 6.45) is 0. The summed E-state index contributed by atoms with van der Waals surface area (Å²) in [4.78, 5) is 9.24. The molecule has 4 aromatic carbocycles. The Hall–Kier alpha value is -3.95. The second-order valence-electron chi connectivity index (χ2n) is 7.25. The van der Waals surface area contributed by atoms with Crippen molar-refractivity contribution in [2.45, 2.75) is 4.90 Å². The molecule has 4 N–H and O–H groups in total. The van der Waals surface area contributed by atoms with E-state index in [1.54, 1.807) is 30.3 Å². The summed E-state index contributed by atoms with van der Waals surface area (Å²) in [7, 11) is -2.99. The zero-order valence-corrected chi connectivity index (χ0v) is 17.7. The van der Waals surface area contributed by atoms with E-state index < -0.39 is 10.1 Å². The maximum absolute atomic E-state index is 12.2. The SMILES string of the molecule is COc1cc(N)cc2nc3cc(Nc4ccccc4)c4c(S(=O)(=O)O)cccc4c3nc12. The molecule has 0 saturated carbocycles. The van der Waals surface area contributed by atoms with Gasteiger partial charge < -0.3 is 15.8 Å².